The number of ketones is 1. The summed E-state index contributed by atoms with van der Waals surface area (Å²) in [5, 5.41) is 3.39. The lowest BCUT2D eigenvalue weighted by atomic mass is 9.99. The lowest BCUT2D eigenvalue weighted by Crippen LogP contribution is -2.16. The van der Waals surface area contributed by atoms with E-state index in [1.807, 2.05) is 19.1 Å². The molecule has 1 aliphatic heterocycles. The molecule has 0 bridgehead atoms. The Kier molecular flexibility index (Phi) is 2.36. The zero-order chi connectivity index (χ0) is 11.1. The van der Waals surface area contributed by atoms with E-state index < -0.39 is 0 Å². The Bertz CT molecular complexity index is 398. The first-order chi connectivity index (χ1) is 7.74. The number of carbonyl (C=O) groups is 1. The van der Waals surface area contributed by atoms with Crippen LogP contribution in [0.3, 0.4) is 0 Å². The van der Waals surface area contributed by atoms with Crippen molar-refractivity contribution >= 4 is 5.78 Å². The summed E-state index contributed by atoms with van der Waals surface area (Å²) in [5.74, 6) is 3.21. The van der Waals surface area contributed by atoms with Gasteiger partial charge in [-0.15, -0.1) is 0 Å². The van der Waals surface area contributed by atoms with Gasteiger partial charge in [-0.2, -0.15) is 0 Å². The summed E-state index contributed by atoms with van der Waals surface area (Å²) >= 11 is 0. The smallest absolute Gasteiger partial charge is 0.201 e. The Balaban J connectivity index is 1.73. The molecule has 1 saturated heterocycles. The monoisotopic (exact) mass is 219 g/mol. The van der Waals surface area contributed by atoms with Crippen LogP contribution in [0.2, 0.25) is 0 Å². The van der Waals surface area contributed by atoms with Gasteiger partial charge in [0.05, 0.1) is 0 Å². The molecule has 3 heteroatoms. The quantitative estimate of drug-likeness (QED) is 0.774. The van der Waals surface area contributed by atoms with Crippen LogP contribution in [0.15, 0.2) is 16.5 Å². The highest BCUT2D eigenvalue weighted by Crippen LogP contribution is 2.40. The van der Waals surface area contributed by atoms with Crippen LogP contribution in [-0.4, -0.2) is 18.9 Å². The van der Waals surface area contributed by atoms with Crippen molar-refractivity contribution < 1.29 is 9.21 Å². The van der Waals surface area contributed by atoms with E-state index in [1.165, 1.54) is 0 Å². The molecule has 86 valence electrons. The third-order valence-corrected chi connectivity index (χ3v) is 4.01. The van der Waals surface area contributed by atoms with Crippen molar-refractivity contribution in [3.63, 3.8) is 0 Å². The summed E-state index contributed by atoms with van der Waals surface area (Å²) in [6.07, 6.45) is 2.08. The van der Waals surface area contributed by atoms with Gasteiger partial charge in [-0.1, -0.05) is 0 Å². The maximum absolute atomic E-state index is 12.2. The van der Waals surface area contributed by atoms with Crippen LogP contribution in [0, 0.1) is 24.7 Å². The summed E-state index contributed by atoms with van der Waals surface area (Å²) in [6.45, 7) is 4.06. The molecule has 2 fully saturated rings. The summed E-state index contributed by atoms with van der Waals surface area (Å²) in [6, 6.07) is 3.68. The molecule has 1 saturated carbocycles. The van der Waals surface area contributed by atoms with E-state index in [1.54, 1.807) is 0 Å². The first-order valence-electron chi connectivity index (χ1n) is 6.05. The predicted molar refractivity (Wildman–Crippen MR) is 60.3 cm³/mol. The van der Waals surface area contributed by atoms with E-state index in [0.717, 1.165) is 31.7 Å². The van der Waals surface area contributed by atoms with E-state index in [2.05, 4.69) is 5.32 Å². The fourth-order valence-electron chi connectivity index (χ4n) is 3.15. The molecule has 1 aromatic heterocycles. The van der Waals surface area contributed by atoms with Gasteiger partial charge >= 0.3 is 0 Å². The van der Waals surface area contributed by atoms with Crippen molar-refractivity contribution in [3.05, 3.63) is 23.7 Å². The van der Waals surface area contributed by atoms with Gasteiger partial charge in [0.2, 0.25) is 5.78 Å². The average molecular weight is 219 g/mol. The van der Waals surface area contributed by atoms with Crippen molar-refractivity contribution in [3.8, 4) is 0 Å². The fraction of sp³-hybridized carbons (Fsp3) is 0.615. The highest BCUT2D eigenvalue weighted by atomic mass is 16.3. The van der Waals surface area contributed by atoms with Crippen LogP contribution < -0.4 is 5.32 Å². The summed E-state index contributed by atoms with van der Waals surface area (Å²) in [5.41, 5.74) is 0. The van der Waals surface area contributed by atoms with Gasteiger partial charge < -0.3 is 9.73 Å². The lowest BCUT2D eigenvalue weighted by molar-refractivity contribution is 0.0887. The van der Waals surface area contributed by atoms with Gasteiger partial charge in [0.15, 0.2) is 5.76 Å². The molecule has 0 spiro atoms. The maximum atomic E-state index is 12.2. The lowest BCUT2D eigenvalue weighted by Gasteiger charge is -2.07. The number of aryl methyl sites for hydroxylation is 1. The molecule has 0 amide bonds. The van der Waals surface area contributed by atoms with Crippen molar-refractivity contribution in [2.75, 3.05) is 13.1 Å². The van der Waals surface area contributed by atoms with E-state index in [4.69, 9.17) is 4.42 Å². The largest absolute Gasteiger partial charge is 0.458 e. The number of carbonyl (C=O) groups excluding carboxylic acids is 1. The standard InChI is InChI=1S/C13H17NO2/c1-8-2-3-12(16-8)13(15)9-4-10-6-14-7-11(10)5-9/h2-3,9-11,14H,4-7H2,1H3/t9?,10-,11+. The minimum Gasteiger partial charge on any atom is -0.458 e. The molecular formula is C13H17NO2. The van der Waals surface area contributed by atoms with Crippen LogP contribution in [0.4, 0.5) is 0 Å². The maximum Gasteiger partial charge on any atom is 0.201 e. The highest BCUT2D eigenvalue weighted by molar-refractivity contribution is 5.95. The number of Topliss-reactive ketones (excluding diaryl/α,β-unsaturated/α-hetero) is 1. The minimum absolute atomic E-state index is 0.197. The van der Waals surface area contributed by atoms with Crippen LogP contribution in [0.1, 0.15) is 29.2 Å². The number of nitrogens with one attached hydrogen (secondary N) is 1. The SMILES string of the molecule is Cc1ccc(C(=O)C2C[C@H]3CNC[C@H]3C2)o1. The molecule has 2 aliphatic rings. The molecule has 3 atom stereocenters. The number of furan rings is 1. The van der Waals surface area contributed by atoms with Crippen molar-refractivity contribution in [1.29, 1.82) is 0 Å². The third kappa shape index (κ3) is 1.59. The zero-order valence-electron chi connectivity index (χ0n) is 9.53. The van der Waals surface area contributed by atoms with Crippen molar-refractivity contribution in [2.45, 2.75) is 19.8 Å². The number of hydrogen-bond donors (Lipinski definition) is 1. The normalized spacial score (nSPS) is 32.9. The van der Waals surface area contributed by atoms with Gasteiger partial charge in [-0.25, -0.2) is 0 Å². The molecule has 0 radical (unpaired) electrons. The van der Waals surface area contributed by atoms with Crippen LogP contribution in [0.5, 0.6) is 0 Å². The van der Waals surface area contributed by atoms with Gasteiger partial charge in [0, 0.05) is 5.92 Å². The Morgan fingerprint density at radius 1 is 1.31 bits per heavy atom. The van der Waals surface area contributed by atoms with Gasteiger partial charge in [-0.05, 0) is 56.8 Å². The summed E-state index contributed by atoms with van der Waals surface area (Å²) in [7, 11) is 0. The molecule has 1 aromatic rings. The van der Waals surface area contributed by atoms with Crippen molar-refractivity contribution in [2.24, 2.45) is 17.8 Å². The first-order valence-corrected chi connectivity index (χ1v) is 6.05. The molecule has 1 N–H and O–H groups in total. The Labute approximate surface area is 95.2 Å². The predicted octanol–water partition coefficient (Wildman–Crippen LogP) is 2.02. The molecular weight excluding hydrogens is 202 g/mol. The molecule has 3 nitrogen and oxygen atoms in total. The second-order valence-corrected chi connectivity index (χ2v) is 5.12. The summed E-state index contributed by atoms with van der Waals surface area (Å²) in [4.78, 5) is 12.2. The van der Waals surface area contributed by atoms with E-state index in [0.29, 0.717) is 17.6 Å². The Morgan fingerprint density at radius 3 is 2.56 bits per heavy atom. The number of rotatable bonds is 2. The summed E-state index contributed by atoms with van der Waals surface area (Å²) < 4.78 is 5.41. The van der Waals surface area contributed by atoms with Crippen molar-refractivity contribution in [1.82, 2.24) is 5.32 Å². The Hall–Kier alpha value is -1.09. The second-order valence-electron chi connectivity index (χ2n) is 5.12. The molecule has 1 aliphatic carbocycles. The van der Waals surface area contributed by atoms with E-state index in [-0.39, 0.29) is 11.7 Å². The van der Waals surface area contributed by atoms with Crippen LogP contribution in [0.25, 0.3) is 0 Å². The molecule has 16 heavy (non-hydrogen) atoms. The Morgan fingerprint density at radius 2 is 2.00 bits per heavy atom. The molecule has 3 rings (SSSR count). The van der Waals surface area contributed by atoms with Gasteiger partial charge in [0.25, 0.3) is 0 Å². The zero-order valence-corrected chi connectivity index (χ0v) is 9.53. The van der Waals surface area contributed by atoms with Crippen LogP contribution >= 0.6 is 0 Å². The topological polar surface area (TPSA) is 42.2 Å². The van der Waals surface area contributed by atoms with E-state index >= 15 is 0 Å². The minimum atomic E-state index is 0.197. The molecule has 1 unspecified atom stereocenters. The second kappa shape index (κ2) is 3.74. The third-order valence-electron chi connectivity index (χ3n) is 4.01. The average Bonchev–Trinajstić information content (AvgIpc) is 2.89. The molecule has 0 aromatic carbocycles. The fourth-order valence-corrected chi connectivity index (χ4v) is 3.15. The highest BCUT2D eigenvalue weighted by Gasteiger charge is 2.40. The number of hydrogen-bond acceptors (Lipinski definition) is 3. The van der Waals surface area contributed by atoms with Gasteiger partial charge in [-0.3, -0.25) is 4.79 Å². The molecule has 2 heterocycles. The first kappa shape index (κ1) is 10.1. The number of fused-ring (bicyclic) bond motifs is 1. The van der Waals surface area contributed by atoms with Crippen LogP contribution in [-0.2, 0) is 0 Å². The van der Waals surface area contributed by atoms with E-state index in [9.17, 15) is 4.79 Å². The van der Waals surface area contributed by atoms with Gasteiger partial charge in [0.1, 0.15) is 5.76 Å².